The molecule has 1 N–H and O–H groups in total. The minimum atomic E-state index is -0.411. The summed E-state index contributed by atoms with van der Waals surface area (Å²) in [5.41, 5.74) is 3.31. The van der Waals surface area contributed by atoms with Crippen LogP contribution < -0.4 is 10.2 Å². The van der Waals surface area contributed by atoms with E-state index in [1.807, 2.05) is 12.1 Å². The van der Waals surface area contributed by atoms with Gasteiger partial charge in [0, 0.05) is 13.0 Å². The van der Waals surface area contributed by atoms with Gasteiger partial charge >= 0.3 is 0 Å². The summed E-state index contributed by atoms with van der Waals surface area (Å²) in [4.78, 5) is 38.2. The zero-order valence-electron chi connectivity index (χ0n) is 14.7. The lowest BCUT2D eigenvalue weighted by molar-refractivity contribution is -0.134. The lowest BCUT2D eigenvalue weighted by Gasteiger charge is -2.18. The van der Waals surface area contributed by atoms with Crippen LogP contribution in [0.15, 0.2) is 29.2 Å². The van der Waals surface area contributed by atoms with E-state index in [-0.39, 0.29) is 30.5 Å². The number of benzene rings is 1. The highest BCUT2D eigenvalue weighted by Gasteiger charge is 2.33. The normalized spacial score (nSPS) is 18.4. The first-order valence-electron chi connectivity index (χ1n) is 8.07. The van der Waals surface area contributed by atoms with E-state index in [0.29, 0.717) is 13.5 Å². The Morgan fingerprint density at radius 3 is 2.57 bits per heavy atom. The van der Waals surface area contributed by atoms with Crippen LogP contribution in [0.5, 0.6) is 5.75 Å². The SMILES string of the molecule is COc1ccc(/C=C2\SC(=S)N(CCC(=O)NN3C(=O)CSC3=S)C2=O)cc1. The number of thiocarbonyl (C=S) groups is 2. The van der Waals surface area contributed by atoms with Crippen LogP contribution in [-0.2, 0) is 14.4 Å². The van der Waals surface area contributed by atoms with E-state index in [2.05, 4.69) is 5.43 Å². The number of hydrogen-bond acceptors (Lipinski definition) is 8. The number of carbonyl (C=O) groups is 3. The minimum Gasteiger partial charge on any atom is -0.497 e. The summed E-state index contributed by atoms with van der Waals surface area (Å²) in [7, 11) is 1.59. The molecule has 1 aromatic carbocycles. The highest BCUT2D eigenvalue weighted by Crippen LogP contribution is 2.32. The van der Waals surface area contributed by atoms with Crippen molar-refractivity contribution in [3.63, 3.8) is 0 Å². The smallest absolute Gasteiger partial charge is 0.266 e. The second kappa shape index (κ2) is 9.03. The van der Waals surface area contributed by atoms with Crippen molar-refractivity contribution in [2.75, 3.05) is 19.4 Å². The molecule has 0 aliphatic carbocycles. The van der Waals surface area contributed by atoms with Gasteiger partial charge in [0.15, 0.2) is 4.32 Å². The van der Waals surface area contributed by atoms with Crippen molar-refractivity contribution in [1.29, 1.82) is 0 Å². The van der Waals surface area contributed by atoms with Crippen molar-refractivity contribution in [2.24, 2.45) is 0 Å². The van der Waals surface area contributed by atoms with Crippen molar-refractivity contribution in [3.05, 3.63) is 34.7 Å². The van der Waals surface area contributed by atoms with Gasteiger partial charge < -0.3 is 4.74 Å². The quantitative estimate of drug-likeness (QED) is 0.519. The van der Waals surface area contributed by atoms with Gasteiger partial charge in [-0.1, -0.05) is 60.1 Å². The van der Waals surface area contributed by atoms with Crippen LogP contribution >= 0.6 is 48.0 Å². The maximum atomic E-state index is 12.6. The third kappa shape index (κ3) is 4.72. The summed E-state index contributed by atoms with van der Waals surface area (Å²) >= 11 is 12.7. The second-order valence-electron chi connectivity index (χ2n) is 5.68. The molecular formula is C17H15N3O4S4. The summed E-state index contributed by atoms with van der Waals surface area (Å²) in [6.07, 6.45) is 1.75. The Labute approximate surface area is 180 Å². The van der Waals surface area contributed by atoms with E-state index in [1.165, 1.54) is 28.4 Å². The maximum absolute atomic E-state index is 12.6. The van der Waals surface area contributed by atoms with Crippen molar-refractivity contribution in [1.82, 2.24) is 15.3 Å². The first-order chi connectivity index (χ1) is 13.4. The zero-order valence-corrected chi connectivity index (χ0v) is 17.9. The number of nitrogens with zero attached hydrogens (tertiary/aromatic N) is 2. The van der Waals surface area contributed by atoms with Gasteiger partial charge in [0.2, 0.25) is 5.91 Å². The predicted octanol–water partition coefficient (Wildman–Crippen LogP) is 2.18. The molecule has 3 amide bonds. The Morgan fingerprint density at radius 2 is 1.96 bits per heavy atom. The van der Waals surface area contributed by atoms with Crippen LogP contribution in [0, 0.1) is 0 Å². The number of hydrogen-bond donors (Lipinski definition) is 1. The Hall–Kier alpha value is -1.95. The number of hydrazine groups is 1. The molecule has 28 heavy (non-hydrogen) atoms. The summed E-state index contributed by atoms with van der Waals surface area (Å²) in [6.45, 7) is 0.123. The highest BCUT2D eigenvalue weighted by atomic mass is 32.2. The largest absolute Gasteiger partial charge is 0.497 e. The zero-order chi connectivity index (χ0) is 20.3. The fraction of sp³-hybridized carbons (Fsp3) is 0.235. The third-order valence-electron chi connectivity index (χ3n) is 3.84. The fourth-order valence-corrected chi connectivity index (χ4v) is 4.69. The Kier molecular flexibility index (Phi) is 6.70. The second-order valence-corrected chi connectivity index (χ2v) is 8.96. The molecule has 0 atom stereocenters. The van der Waals surface area contributed by atoms with Crippen molar-refractivity contribution >= 4 is 80.4 Å². The molecule has 146 valence electrons. The first kappa shape index (κ1) is 20.8. The molecule has 11 heteroatoms. The van der Waals surface area contributed by atoms with E-state index in [9.17, 15) is 14.4 Å². The van der Waals surface area contributed by atoms with Gasteiger partial charge in [-0.05, 0) is 23.8 Å². The standard InChI is InChI=1S/C17H15N3O4S4/c1-24-11-4-2-10(3-5-11)8-12-15(23)19(16(25)28-12)7-6-13(21)18-20-14(22)9-27-17(20)26/h2-5,8H,6-7,9H2,1H3,(H,18,21)/b12-8-. The van der Waals surface area contributed by atoms with Gasteiger partial charge in [-0.15, -0.1) is 0 Å². The monoisotopic (exact) mass is 453 g/mol. The number of ether oxygens (including phenoxy) is 1. The van der Waals surface area contributed by atoms with Gasteiger partial charge in [0.1, 0.15) is 10.1 Å². The van der Waals surface area contributed by atoms with E-state index in [0.717, 1.165) is 16.3 Å². The number of nitrogens with one attached hydrogen (secondary N) is 1. The summed E-state index contributed by atoms with van der Waals surface area (Å²) in [5, 5.41) is 1.07. The summed E-state index contributed by atoms with van der Waals surface area (Å²) in [6, 6.07) is 7.29. The minimum absolute atomic E-state index is 0.000679. The average molecular weight is 454 g/mol. The van der Waals surface area contributed by atoms with Crippen LogP contribution in [0.3, 0.4) is 0 Å². The van der Waals surface area contributed by atoms with E-state index < -0.39 is 5.91 Å². The molecule has 0 radical (unpaired) electrons. The van der Waals surface area contributed by atoms with Gasteiger partial charge in [-0.2, -0.15) is 0 Å². The van der Waals surface area contributed by atoms with Crippen molar-refractivity contribution in [3.8, 4) is 5.75 Å². The highest BCUT2D eigenvalue weighted by molar-refractivity contribution is 8.26. The molecule has 2 fully saturated rings. The molecule has 0 aromatic heterocycles. The summed E-state index contributed by atoms with van der Waals surface area (Å²) < 4.78 is 5.82. The van der Waals surface area contributed by atoms with Gasteiger partial charge in [0.25, 0.3) is 11.8 Å². The molecule has 2 saturated heterocycles. The number of thioether (sulfide) groups is 2. The average Bonchev–Trinajstić information content (AvgIpc) is 3.13. The topological polar surface area (TPSA) is 79.0 Å². The number of carbonyl (C=O) groups excluding carboxylic acids is 3. The molecule has 0 bridgehead atoms. The molecule has 0 spiro atoms. The lowest BCUT2D eigenvalue weighted by Crippen LogP contribution is -2.46. The van der Waals surface area contributed by atoms with Gasteiger partial charge in [-0.3, -0.25) is 24.7 Å². The van der Waals surface area contributed by atoms with Crippen LogP contribution in [0.2, 0.25) is 0 Å². The fourth-order valence-electron chi connectivity index (χ4n) is 2.40. The number of rotatable bonds is 6. The third-order valence-corrected chi connectivity index (χ3v) is 6.57. The molecule has 2 aliphatic heterocycles. The Bertz CT molecular complexity index is 869. The predicted molar refractivity (Wildman–Crippen MR) is 118 cm³/mol. The van der Waals surface area contributed by atoms with E-state index >= 15 is 0 Å². The van der Waals surface area contributed by atoms with Gasteiger partial charge in [-0.25, -0.2) is 5.01 Å². The number of methoxy groups -OCH3 is 1. The summed E-state index contributed by atoms with van der Waals surface area (Å²) in [5.74, 6) is 0.0130. The Morgan fingerprint density at radius 1 is 1.25 bits per heavy atom. The Balaban J connectivity index is 1.58. The molecule has 2 heterocycles. The molecule has 0 saturated carbocycles. The molecule has 0 unspecified atom stereocenters. The van der Waals surface area contributed by atoms with Crippen LogP contribution in [0.1, 0.15) is 12.0 Å². The maximum Gasteiger partial charge on any atom is 0.266 e. The lowest BCUT2D eigenvalue weighted by atomic mass is 10.2. The van der Waals surface area contributed by atoms with E-state index in [4.69, 9.17) is 29.2 Å². The first-order valence-corrected chi connectivity index (χ1v) is 10.7. The van der Waals surface area contributed by atoms with Crippen LogP contribution in [-0.4, -0.2) is 55.7 Å². The van der Waals surface area contributed by atoms with E-state index in [1.54, 1.807) is 25.3 Å². The molecular weight excluding hydrogens is 438 g/mol. The van der Waals surface area contributed by atoms with Crippen LogP contribution in [0.4, 0.5) is 0 Å². The molecule has 1 aromatic rings. The van der Waals surface area contributed by atoms with Gasteiger partial charge in [0.05, 0.1) is 17.8 Å². The van der Waals surface area contributed by atoms with Crippen LogP contribution in [0.25, 0.3) is 6.08 Å². The van der Waals surface area contributed by atoms with Crippen molar-refractivity contribution in [2.45, 2.75) is 6.42 Å². The molecule has 7 nitrogen and oxygen atoms in total. The number of amides is 3. The molecule has 3 rings (SSSR count). The molecule has 2 aliphatic rings. The van der Waals surface area contributed by atoms with Crippen molar-refractivity contribution < 1.29 is 19.1 Å².